The van der Waals surface area contributed by atoms with E-state index in [-0.39, 0.29) is 0 Å². The van der Waals surface area contributed by atoms with Gasteiger partial charge in [0.25, 0.3) is 0 Å². The molecule has 0 saturated heterocycles. The molecule has 8 aromatic carbocycles. The average molecular weight is 779 g/mol. The van der Waals surface area contributed by atoms with Crippen LogP contribution in [-0.4, -0.2) is 103 Å². The maximum Gasteiger partial charge on any atom is 0.142 e. The Morgan fingerprint density at radius 3 is 1.65 bits per heavy atom. The van der Waals surface area contributed by atoms with Crippen molar-refractivity contribution < 1.29 is 0 Å². The lowest BCUT2D eigenvalue weighted by molar-refractivity contribution is 1.19. The molecule has 0 spiro atoms. The van der Waals surface area contributed by atoms with E-state index in [1.54, 1.807) is 0 Å². The lowest BCUT2D eigenvalue weighted by atomic mass is 9.64. The molecule has 2 aromatic heterocycles. The van der Waals surface area contributed by atoms with Crippen LogP contribution in [0.2, 0.25) is 0 Å². The van der Waals surface area contributed by atoms with Crippen LogP contribution in [0.15, 0.2) is 121 Å². The number of fused-ring (bicyclic) bond motifs is 6. The highest BCUT2D eigenvalue weighted by Crippen LogP contribution is 2.36. The van der Waals surface area contributed by atoms with Gasteiger partial charge in [-0.25, -0.2) is 0 Å². The van der Waals surface area contributed by atoms with Gasteiger partial charge in [-0.15, -0.1) is 5.46 Å². The number of hydrogen-bond donors (Lipinski definition) is 0. The summed E-state index contributed by atoms with van der Waals surface area (Å²) in [5.41, 5.74) is 31.1. The highest BCUT2D eigenvalue weighted by Gasteiger charge is 2.27. The predicted octanol–water partition coefficient (Wildman–Crippen LogP) is -8.02. The third-order valence-corrected chi connectivity index (χ3v) is 14.5. The highest BCUT2D eigenvalue weighted by atomic mass is 15.0. The van der Waals surface area contributed by atoms with Crippen LogP contribution < -0.4 is 65.6 Å². The van der Waals surface area contributed by atoms with E-state index in [2.05, 4.69) is 225 Å². The van der Waals surface area contributed by atoms with E-state index >= 15 is 0 Å². The molecule has 10 rings (SSSR count). The first-order valence-electron chi connectivity index (χ1n) is 22.2. The zero-order valence-corrected chi connectivity index (χ0v) is 38.4. The Hall–Kier alpha value is -5.86. The van der Waals surface area contributed by atoms with Gasteiger partial charge in [-0.3, -0.25) is 0 Å². The number of hydrogen-bond acceptors (Lipinski definition) is 0. The summed E-state index contributed by atoms with van der Waals surface area (Å²) < 4.78 is 5.15. The van der Waals surface area contributed by atoms with Crippen molar-refractivity contribution in [2.75, 3.05) is 0 Å². The minimum Gasteiger partial charge on any atom is -0.310 e. The van der Waals surface area contributed by atoms with Crippen LogP contribution in [0, 0.1) is 0 Å². The molecule has 282 valence electrons. The van der Waals surface area contributed by atoms with Gasteiger partial charge in [0.05, 0.1) is 22.2 Å². The van der Waals surface area contributed by atoms with E-state index in [0.717, 1.165) is 0 Å². The van der Waals surface area contributed by atoms with Crippen LogP contribution in [0.1, 0.15) is 0 Å². The molecular weight excluding hydrogens is 734 g/mol. The fraction of sp³-hybridized carbons (Fsp3) is 0. The Labute approximate surface area is 376 Å². The molecule has 0 N–H and O–H groups in total. The van der Waals surface area contributed by atoms with E-state index in [4.69, 9.17) is 0 Å². The second-order valence-corrected chi connectivity index (χ2v) is 18.2. The maximum absolute atomic E-state index is 2.57. The Balaban J connectivity index is 1.31. The summed E-state index contributed by atoms with van der Waals surface area (Å²) in [6.07, 6.45) is 0. The number of aromatic nitrogens is 2. The Bertz CT molecular complexity index is 3560. The van der Waals surface area contributed by atoms with Crippen molar-refractivity contribution in [2.45, 2.75) is 0 Å². The minimum absolute atomic E-state index is 1.21. The predicted molar refractivity (Wildman–Crippen MR) is 310 cm³/mol. The first-order chi connectivity index (χ1) is 29.8. The third kappa shape index (κ3) is 5.89. The van der Waals surface area contributed by atoms with Crippen molar-refractivity contribution in [3.8, 4) is 44.8 Å². The summed E-state index contributed by atoms with van der Waals surface area (Å²) >= 11 is 0. The molecule has 0 aliphatic rings. The Kier molecular flexibility index (Phi) is 9.67. The van der Waals surface area contributed by atoms with E-state index < -0.39 is 0 Å². The van der Waals surface area contributed by atoms with Crippen molar-refractivity contribution in [1.29, 1.82) is 0 Å². The summed E-state index contributed by atoms with van der Waals surface area (Å²) in [5.74, 6) is 0. The van der Waals surface area contributed by atoms with Crippen molar-refractivity contribution in [2.24, 2.45) is 0 Å². The zero-order valence-electron chi connectivity index (χ0n) is 38.4. The molecule has 0 amide bonds. The Morgan fingerprint density at radius 2 is 0.919 bits per heavy atom. The first-order valence-corrected chi connectivity index (χ1v) is 22.2. The van der Waals surface area contributed by atoms with Crippen LogP contribution in [-0.2, 0) is 0 Å². The number of para-hydroxylation sites is 1. The maximum atomic E-state index is 2.57. The molecule has 0 fully saturated rings. The lowest BCUT2D eigenvalue weighted by Crippen LogP contribution is -2.40. The minimum atomic E-state index is 1.21. The molecule has 14 heteroatoms. The monoisotopic (exact) mass is 780 g/mol. The van der Waals surface area contributed by atoms with Crippen molar-refractivity contribution >= 4 is 203 Å². The van der Waals surface area contributed by atoms with Crippen molar-refractivity contribution in [1.82, 2.24) is 9.13 Å². The third-order valence-electron chi connectivity index (χ3n) is 14.5. The van der Waals surface area contributed by atoms with Crippen LogP contribution in [0.4, 0.5) is 0 Å². The second-order valence-electron chi connectivity index (χ2n) is 18.2. The molecule has 2 nitrogen and oxygen atoms in total. The summed E-state index contributed by atoms with van der Waals surface area (Å²) in [4.78, 5) is 0. The molecule has 0 aliphatic carbocycles. The van der Waals surface area contributed by atoms with E-state index in [1.165, 1.54) is 154 Å². The zero-order chi connectivity index (χ0) is 43.5. The second kappa shape index (κ2) is 14.9. The summed E-state index contributed by atoms with van der Waals surface area (Å²) in [7, 11) is 27.8. The van der Waals surface area contributed by atoms with Crippen LogP contribution in [0.5, 0.6) is 0 Å². The largest absolute Gasteiger partial charge is 0.310 e. The van der Waals surface area contributed by atoms with Gasteiger partial charge in [-0.2, -0.15) is 0 Å². The van der Waals surface area contributed by atoms with E-state index in [9.17, 15) is 0 Å². The van der Waals surface area contributed by atoms with Gasteiger partial charge in [-0.1, -0.05) is 151 Å². The summed E-state index contributed by atoms with van der Waals surface area (Å²) in [6.45, 7) is 0. The molecule has 0 bridgehead atoms. The number of benzene rings is 8. The molecular formula is C48H44B12N2. The fourth-order valence-electron chi connectivity index (χ4n) is 11.1. The molecule has 2 heterocycles. The van der Waals surface area contributed by atoms with Gasteiger partial charge >= 0.3 is 0 Å². The van der Waals surface area contributed by atoms with E-state index in [1.807, 2.05) is 0 Å². The molecule has 62 heavy (non-hydrogen) atoms. The fourth-order valence-corrected chi connectivity index (χ4v) is 11.1. The summed E-state index contributed by atoms with van der Waals surface area (Å²) in [5, 5.41) is 5.40. The van der Waals surface area contributed by atoms with Crippen LogP contribution in [0.25, 0.3) is 88.4 Å². The number of rotatable bonds is 5. The van der Waals surface area contributed by atoms with E-state index in [0.29, 0.717) is 0 Å². The standard InChI is InChI=1S/C48H44B12N2/c49-23-17-28(52)36-33(18-23)62(31-13-7-5-11-25(31)21-8-2-1-3-9-21)48-41(36)44(57)40(46(59)47(48)60)37-29(53)19-34-38(43(37)56)39-35(20-30(54)42(55)45(39)58)61(34)32-16-22(14-15-27(32)51)24-10-4-6-12-26(24)50/h1-20H,49-60H2. The van der Waals surface area contributed by atoms with Crippen LogP contribution >= 0.6 is 0 Å². The van der Waals surface area contributed by atoms with Crippen LogP contribution in [0.3, 0.4) is 0 Å². The lowest BCUT2D eigenvalue weighted by Gasteiger charge is -2.23. The summed E-state index contributed by atoms with van der Waals surface area (Å²) in [6, 6.07) is 45.2. The van der Waals surface area contributed by atoms with Gasteiger partial charge in [0.2, 0.25) is 0 Å². The Morgan fingerprint density at radius 1 is 0.306 bits per heavy atom. The molecule has 0 aliphatic heterocycles. The van der Waals surface area contributed by atoms with Gasteiger partial charge in [0, 0.05) is 38.3 Å². The molecule has 0 saturated carbocycles. The highest BCUT2D eigenvalue weighted by molar-refractivity contribution is 6.65. The topological polar surface area (TPSA) is 9.86 Å². The normalized spacial score (nSPS) is 11.7. The average Bonchev–Trinajstić information content (AvgIpc) is 3.77. The van der Waals surface area contributed by atoms with Crippen molar-refractivity contribution in [3.05, 3.63) is 121 Å². The van der Waals surface area contributed by atoms with Crippen molar-refractivity contribution in [3.63, 3.8) is 0 Å². The number of nitrogens with zero attached hydrogens (tertiary/aromatic N) is 2. The van der Waals surface area contributed by atoms with Gasteiger partial charge in [0.1, 0.15) is 94.2 Å². The molecule has 0 radical (unpaired) electrons. The molecule has 0 unspecified atom stereocenters. The smallest absolute Gasteiger partial charge is 0.142 e. The molecule has 0 atom stereocenters. The molecule has 10 aromatic rings. The SMILES string of the molecule is Bc1cc(B)c2c3c(B)c(-c4c(B)cc5c(c4B)c4c(B)c(B)c(B)cc4n5-c4cc(-c5ccccc5B)ccc4B)c(B)c(B)c3n(-c3ccccc3-c3ccccc3)c2c1. The van der Waals surface area contributed by atoms with Gasteiger partial charge in [-0.05, 0) is 58.1 Å². The first kappa shape index (κ1) is 40.2. The quantitative estimate of drug-likeness (QED) is 0.154. The van der Waals surface area contributed by atoms with Gasteiger partial charge < -0.3 is 9.13 Å². The van der Waals surface area contributed by atoms with Gasteiger partial charge in [0.15, 0.2) is 0 Å².